The number of hydrogen-bond donors (Lipinski definition) is 2. The molecule has 3 rings (SSSR count). The number of nitro groups is 1. The van der Waals surface area contributed by atoms with Crippen LogP contribution in [0.1, 0.15) is 38.3 Å². The van der Waals surface area contributed by atoms with Crippen LogP contribution in [0.5, 0.6) is 5.75 Å². The number of aliphatic hydroxyl groups is 1. The number of nitro benzene ring substituents is 1. The summed E-state index contributed by atoms with van der Waals surface area (Å²) in [5, 5.41) is 24.9. The van der Waals surface area contributed by atoms with Crippen LogP contribution in [-0.2, 0) is 0 Å². The minimum atomic E-state index is -0.759. The fourth-order valence-electron chi connectivity index (χ4n) is 2.74. The van der Waals surface area contributed by atoms with Crippen LogP contribution < -0.4 is 10.1 Å². The van der Waals surface area contributed by atoms with Crippen LogP contribution in [0.25, 0.3) is 0 Å². The molecular formula is C15H21ClN2O4. The van der Waals surface area contributed by atoms with Crippen molar-refractivity contribution < 1.29 is 14.8 Å². The maximum absolute atomic E-state index is 11.0. The smallest absolute Gasteiger partial charge is 0.270 e. The van der Waals surface area contributed by atoms with E-state index in [1.165, 1.54) is 25.0 Å². The molecule has 6 nitrogen and oxygen atoms in total. The molecule has 0 radical (unpaired) electrons. The molecule has 0 aromatic heterocycles. The van der Waals surface area contributed by atoms with Crippen LogP contribution in [0.2, 0.25) is 0 Å². The van der Waals surface area contributed by atoms with Gasteiger partial charge in [0.2, 0.25) is 0 Å². The van der Waals surface area contributed by atoms with Gasteiger partial charge in [-0.25, -0.2) is 0 Å². The Bertz CT molecular complexity index is 575. The van der Waals surface area contributed by atoms with Crippen molar-refractivity contribution in [3.05, 3.63) is 33.9 Å². The molecule has 1 fully saturated rings. The minimum Gasteiger partial charge on any atom is -0.485 e. The maximum atomic E-state index is 11.0. The third-order valence-electron chi connectivity index (χ3n) is 4.26. The standard InChI is InChI=1S/C15H20N2O4.ClH/c1-15(2)14(18)13(16-8-9-3-4-9)11-7-10(17(19)20)5-6-12(11)21-15;/h5-7,9,13-14,16,18H,3-4,8H2,1-2H3;1H/t13-,14+;/m1./s1. The second-order valence-corrected chi connectivity index (χ2v) is 6.46. The Labute approximate surface area is 135 Å². The molecular weight excluding hydrogens is 308 g/mol. The maximum Gasteiger partial charge on any atom is 0.270 e. The van der Waals surface area contributed by atoms with Gasteiger partial charge in [-0.2, -0.15) is 0 Å². The first-order chi connectivity index (χ1) is 9.88. The fourth-order valence-corrected chi connectivity index (χ4v) is 2.74. The minimum absolute atomic E-state index is 0. The van der Waals surface area contributed by atoms with Crippen molar-refractivity contribution in [2.75, 3.05) is 6.54 Å². The highest BCUT2D eigenvalue weighted by Gasteiger charge is 2.43. The Balaban J connectivity index is 0.00000176. The molecule has 0 unspecified atom stereocenters. The lowest BCUT2D eigenvalue weighted by Gasteiger charge is -2.42. The summed E-state index contributed by atoms with van der Waals surface area (Å²) in [6.07, 6.45) is 1.65. The number of non-ortho nitro benzene ring substituents is 1. The van der Waals surface area contributed by atoms with E-state index in [9.17, 15) is 15.2 Å². The van der Waals surface area contributed by atoms with Crippen molar-refractivity contribution in [3.63, 3.8) is 0 Å². The lowest BCUT2D eigenvalue weighted by molar-refractivity contribution is -0.385. The predicted molar refractivity (Wildman–Crippen MR) is 84.5 cm³/mol. The van der Waals surface area contributed by atoms with Crippen LogP contribution in [0.3, 0.4) is 0 Å². The van der Waals surface area contributed by atoms with Crippen molar-refractivity contribution >= 4 is 18.1 Å². The second-order valence-electron chi connectivity index (χ2n) is 6.46. The fraction of sp³-hybridized carbons (Fsp3) is 0.600. The normalized spacial score (nSPS) is 25.6. The van der Waals surface area contributed by atoms with Gasteiger partial charge in [0.15, 0.2) is 0 Å². The molecule has 1 aliphatic heterocycles. The molecule has 7 heteroatoms. The van der Waals surface area contributed by atoms with Gasteiger partial charge < -0.3 is 15.2 Å². The summed E-state index contributed by atoms with van der Waals surface area (Å²) in [7, 11) is 0. The van der Waals surface area contributed by atoms with Gasteiger partial charge in [-0.3, -0.25) is 10.1 Å². The van der Waals surface area contributed by atoms with E-state index in [0.29, 0.717) is 17.2 Å². The van der Waals surface area contributed by atoms with Crippen molar-refractivity contribution in [2.45, 2.75) is 44.4 Å². The first kappa shape index (κ1) is 17.0. The summed E-state index contributed by atoms with van der Waals surface area (Å²) in [6.45, 7) is 4.47. The van der Waals surface area contributed by atoms with Gasteiger partial charge in [-0.1, -0.05) is 0 Å². The molecule has 22 heavy (non-hydrogen) atoms. The van der Waals surface area contributed by atoms with E-state index in [1.54, 1.807) is 6.07 Å². The summed E-state index contributed by atoms with van der Waals surface area (Å²) in [5.41, 5.74) is -0.0520. The molecule has 2 N–H and O–H groups in total. The number of benzene rings is 1. The first-order valence-corrected chi connectivity index (χ1v) is 7.27. The zero-order valence-corrected chi connectivity index (χ0v) is 13.4. The zero-order chi connectivity index (χ0) is 15.2. The van der Waals surface area contributed by atoms with Gasteiger partial charge in [0, 0.05) is 17.7 Å². The highest BCUT2D eigenvalue weighted by molar-refractivity contribution is 5.85. The molecule has 1 aromatic rings. The lowest BCUT2D eigenvalue weighted by Crippen LogP contribution is -2.52. The van der Waals surface area contributed by atoms with E-state index in [0.717, 1.165) is 6.54 Å². The molecule has 1 saturated carbocycles. The molecule has 1 aromatic carbocycles. The molecule has 0 spiro atoms. The number of nitrogens with zero attached hydrogens (tertiary/aromatic N) is 1. The second kappa shape index (κ2) is 6.02. The highest BCUT2D eigenvalue weighted by atomic mass is 35.5. The number of ether oxygens (including phenoxy) is 1. The van der Waals surface area contributed by atoms with E-state index in [-0.39, 0.29) is 24.1 Å². The first-order valence-electron chi connectivity index (χ1n) is 7.27. The van der Waals surface area contributed by atoms with Crippen LogP contribution in [0.15, 0.2) is 18.2 Å². The van der Waals surface area contributed by atoms with Gasteiger partial charge in [-0.05, 0) is 45.2 Å². The van der Waals surface area contributed by atoms with E-state index >= 15 is 0 Å². The van der Waals surface area contributed by atoms with Crippen molar-refractivity contribution in [3.8, 4) is 5.75 Å². The number of hydrogen-bond acceptors (Lipinski definition) is 5. The molecule has 1 heterocycles. The third-order valence-corrected chi connectivity index (χ3v) is 4.26. The predicted octanol–water partition coefficient (Wildman–Crippen LogP) is 2.59. The van der Waals surface area contributed by atoms with Crippen LogP contribution in [0.4, 0.5) is 5.69 Å². The number of nitrogens with one attached hydrogen (secondary N) is 1. The van der Waals surface area contributed by atoms with Crippen LogP contribution in [0, 0.1) is 16.0 Å². The zero-order valence-electron chi connectivity index (χ0n) is 12.6. The van der Waals surface area contributed by atoms with Crippen LogP contribution in [-0.4, -0.2) is 28.3 Å². The van der Waals surface area contributed by atoms with Gasteiger partial charge in [0.05, 0.1) is 11.0 Å². The Morgan fingerprint density at radius 1 is 1.45 bits per heavy atom. The average Bonchev–Trinajstić information content (AvgIpc) is 3.22. The SMILES string of the molecule is CC1(C)Oc2ccc([N+](=O)[O-])cc2[C@@H](NCC2CC2)[C@@H]1O.Cl. The topological polar surface area (TPSA) is 84.6 Å². The summed E-state index contributed by atoms with van der Waals surface area (Å²) in [4.78, 5) is 10.5. The monoisotopic (exact) mass is 328 g/mol. The third kappa shape index (κ3) is 3.19. The summed E-state index contributed by atoms with van der Waals surface area (Å²) in [6, 6.07) is 4.21. The molecule has 0 amide bonds. The molecule has 2 atom stereocenters. The lowest BCUT2D eigenvalue weighted by atomic mass is 9.86. The van der Waals surface area contributed by atoms with E-state index < -0.39 is 16.6 Å². The molecule has 1 aliphatic carbocycles. The van der Waals surface area contributed by atoms with E-state index in [4.69, 9.17) is 4.74 Å². The number of halogens is 1. The summed E-state index contributed by atoms with van der Waals surface area (Å²) >= 11 is 0. The highest BCUT2D eigenvalue weighted by Crippen LogP contribution is 2.41. The molecule has 0 bridgehead atoms. The largest absolute Gasteiger partial charge is 0.485 e. The number of fused-ring (bicyclic) bond motifs is 1. The quantitative estimate of drug-likeness (QED) is 0.655. The number of rotatable bonds is 4. The molecule has 0 saturated heterocycles. The Kier molecular flexibility index (Phi) is 4.65. The van der Waals surface area contributed by atoms with Crippen molar-refractivity contribution in [1.82, 2.24) is 5.32 Å². The Hall–Kier alpha value is -1.37. The molecule has 122 valence electrons. The Morgan fingerprint density at radius 2 is 2.14 bits per heavy atom. The van der Waals surface area contributed by atoms with Crippen molar-refractivity contribution in [2.24, 2.45) is 5.92 Å². The van der Waals surface area contributed by atoms with Gasteiger partial charge in [0.1, 0.15) is 17.5 Å². The van der Waals surface area contributed by atoms with Gasteiger partial charge in [0.25, 0.3) is 5.69 Å². The van der Waals surface area contributed by atoms with Crippen LogP contribution >= 0.6 is 12.4 Å². The average molecular weight is 329 g/mol. The number of aliphatic hydroxyl groups excluding tert-OH is 1. The summed E-state index contributed by atoms with van der Waals surface area (Å²) in [5.74, 6) is 1.26. The van der Waals surface area contributed by atoms with Crippen molar-refractivity contribution in [1.29, 1.82) is 0 Å². The van der Waals surface area contributed by atoms with Gasteiger partial charge >= 0.3 is 0 Å². The van der Waals surface area contributed by atoms with E-state index in [1.807, 2.05) is 13.8 Å². The molecule has 2 aliphatic rings. The summed E-state index contributed by atoms with van der Waals surface area (Å²) < 4.78 is 5.81. The van der Waals surface area contributed by atoms with Gasteiger partial charge in [-0.15, -0.1) is 12.4 Å². The Morgan fingerprint density at radius 3 is 2.73 bits per heavy atom. The van der Waals surface area contributed by atoms with E-state index in [2.05, 4.69) is 5.32 Å².